The van der Waals surface area contributed by atoms with Gasteiger partial charge in [-0.1, -0.05) is 18.2 Å². The van der Waals surface area contributed by atoms with Gasteiger partial charge in [0.25, 0.3) is 0 Å². The van der Waals surface area contributed by atoms with E-state index in [1.807, 2.05) is 42.5 Å². The first-order valence-electron chi connectivity index (χ1n) is 5.60. The molecule has 0 fully saturated rings. The summed E-state index contributed by atoms with van der Waals surface area (Å²) in [6.07, 6.45) is 0. The van der Waals surface area contributed by atoms with E-state index in [1.165, 1.54) is 0 Å². The molecule has 86 valence electrons. The van der Waals surface area contributed by atoms with Crippen LogP contribution in [0.25, 0.3) is 21.8 Å². The molecule has 3 aromatic rings. The van der Waals surface area contributed by atoms with Crippen molar-refractivity contribution in [1.29, 1.82) is 5.26 Å². The summed E-state index contributed by atoms with van der Waals surface area (Å²) in [7, 11) is 1.61. The predicted molar refractivity (Wildman–Crippen MR) is 70.5 cm³/mol. The standard InChI is InChI=1S/C15H10N2O/c1-18-10-6-7-15-12(8-10)13(9-16)11-4-2-3-5-14(11)17-15/h2-8H,1H3. The fourth-order valence-corrected chi connectivity index (χ4v) is 2.12. The van der Waals surface area contributed by atoms with Gasteiger partial charge in [-0.05, 0) is 24.3 Å². The second kappa shape index (κ2) is 4.01. The Morgan fingerprint density at radius 2 is 1.83 bits per heavy atom. The molecule has 3 rings (SSSR count). The lowest BCUT2D eigenvalue weighted by molar-refractivity contribution is 0.415. The second-order valence-corrected chi connectivity index (χ2v) is 4.00. The highest BCUT2D eigenvalue weighted by atomic mass is 16.5. The minimum Gasteiger partial charge on any atom is -0.497 e. The Kier molecular flexibility index (Phi) is 2.35. The highest BCUT2D eigenvalue weighted by Gasteiger charge is 2.08. The summed E-state index contributed by atoms with van der Waals surface area (Å²) in [5, 5.41) is 11.1. The molecule has 0 bridgehead atoms. The van der Waals surface area contributed by atoms with Gasteiger partial charge in [0.2, 0.25) is 0 Å². The molecule has 0 amide bonds. The van der Waals surface area contributed by atoms with Crippen molar-refractivity contribution >= 4 is 21.8 Å². The molecule has 0 aliphatic carbocycles. The van der Waals surface area contributed by atoms with Crippen molar-refractivity contribution < 1.29 is 4.74 Å². The summed E-state index contributed by atoms with van der Waals surface area (Å²) in [5.74, 6) is 0.732. The summed E-state index contributed by atoms with van der Waals surface area (Å²) in [5.41, 5.74) is 2.30. The third-order valence-electron chi connectivity index (χ3n) is 3.00. The zero-order chi connectivity index (χ0) is 12.5. The van der Waals surface area contributed by atoms with E-state index in [2.05, 4.69) is 11.1 Å². The Labute approximate surface area is 104 Å². The SMILES string of the molecule is COc1ccc2nc3ccccc3c(C#N)c2c1. The summed E-state index contributed by atoms with van der Waals surface area (Å²) >= 11 is 0. The van der Waals surface area contributed by atoms with Crippen LogP contribution in [0.2, 0.25) is 0 Å². The van der Waals surface area contributed by atoms with Crippen LogP contribution in [-0.4, -0.2) is 12.1 Å². The van der Waals surface area contributed by atoms with E-state index >= 15 is 0 Å². The smallest absolute Gasteiger partial charge is 0.119 e. The van der Waals surface area contributed by atoms with Crippen LogP contribution in [0.15, 0.2) is 42.5 Å². The third-order valence-corrected chi connectivity index (χ3v) is 3.00. The van der Waals surface area contributed by atoms with Crippen LogP contribution in [0.3, 0.4) is 0 Å². The molecule has 0 radical (unpaired) electrons. The monoisotopic (exact) mass is 234 g/mol. The highest BCUT2D eigenvalue weighted by molar-refractivity contribution is 6.00. The molecule has 1 aromatic heterocycles. The van der Waals surface area contributed by atoms with E-state index < -0.39 is 0 Å². The van der Waals surface area contributed by atoms with Gasteiger partial charge in [-0.15, -0.1) is 0 Å². The molecule has 0 saturated heterocycles. The van der Waals surface area contributed by atoms with Gasteiger partial charge in [0, 0.05) is 10.8 Å². The minimum atomic E-state index is 0.648. The van der Waals surface area contributed by atoms with E-state index in [1.54, 1.807) is 7.11 Å². The van der Waals surface area contributed by atoms with Crippen molar-refractivity contribution in [2.24, 2.45) is 0 Å². The number of hydrogen-bond donors (Lipinski definition) is 0. The van der Waals surface area contributed by atoms with Crippen LogP contribution >= 0.6 is 0 Å². The number of rotatable bonds is 1. The van der Waals surface area contributed by atoms with Gasteiger partial charge in [-0.3, -0.25) is 0 Å². The molecule has 0 aliphatic rings. The Bertz CT molecular complexity index is 787. The van der Waals surface area contributed by atoms with Gasteiger partial charge in [-0.25, -0.2) is 4.98 Å². The molecular formula is C15H10N2O. The zero-order valence-corrected chi connectivity index (χ0v) is 9.84. The molecule has 0 saturated carbocycles. The van der Waals surface area contributed by atoms with Gasteiger partial charge in [-0.2, -0.15) is 5.26 Å². The average molecular weight is 234 g/mol. The number of benzene rings is 2. The number of fused-ring (bicyclic) bond motifs is 2. The van der Waals surface area contributed by atoms with Crippen LogP contribution in [0.5, 0.6) is 5.75 Å². The predicted octanol–water partition coefficient (Wildman–Crippen LogP) is 3.27. The lowest BCUT2D eigenvalue weighted by Gasteiger charge is -2.06. The maximum absolute atomic E-state index is 9.38. The first kappa shape index (κ1) is 10.5. The van der Waals surface area contributed by atoms with E-state index in [-0.39, 0.29) is 0 Å². The molecule has 3 heteroatoms. The zero-order valence-electron chi connectivity index (χ0n) is 9.84. The summed E-state index contributed by atoms with van der Waals surface area (Å²) in [6.45, 7) is 0. The topological polar surface area (TPSA) is 45.9 Å². The van der Waals surface area contributed by atoms with Crippen LogP contribution < -0.4 is 4.74 Å². The fourth-order valence-electron chi connectivity index (χ4n) is 2.12. The van der Waals surface area contributed by atoms with Crippen LogP contribution in [0.1, 0.15) is 5.56 Å². The van der Waals surface area contributed by atoms with Crippen molar-refractivity contribution in [3.05, 3.63) is 48.0 Å². The minimum absolute atomic E-state index is 0.648. The van der Waals surface area contributed by atoms with E-state index in [9.17, 15) is 5.26 Å². The first-order valence-corrected chi connectivity index (χ1v) is 5.60. The van der Waals surface area contributed by atoms with Crippen molar-refractivity contribution in [2.75, 3.05) is 7.11 Å². The number of nitriles is 1. The highest BCUT2D eigenvalue weighted by Crippen LogP contribution is 2.28. The van der Waals surface area contributed by atoms with E-state index in [4.69, 9.17) is 4.74 Å². The van der Waals surface area contributed by atoms with Crippen molar-refractivity contribution in [3.8, 4) is 11.8 Å². The number of para-hydroxylation sites is 1. The third kappa shape index (κ3) is 1.47. The summed E-state index contributed by atoms with van der Waals surface area (Å²) in [6, 6.07) is 15.5. The number of hydrogen-bond acceptors (Lipinski definition) is 3. The molecule has 0 N–H and O–H groups in total. The Hall–Kier alpha value is -2.60. The molecule has 1 heterocycles. The Morgan fingerprint density at radius 3 is 2.61 bits per heavy atom. The Balaban J connectivity index is 2.52. The molecule has 0 aliphatic heterocycles. The maximum Gasteiger partial charge on any atom is 0.119 e. The number of nitrogens with zero attached hydrogens (tertiary/aromatic N) is 2. The van der Waals surface area contributed by atoms with Gasteiger partial charge < -0.3 is 4.74 Å². The number of pyridine rings is 1. The van der Waals surface area contributed by atoms with E-state index in [0.717, 1.165) is 27.6 Å². The average Bonchev–Trinajstić information content (AvgIpc) is 2.44. The molecule has 3 nitrogen and oxygen atoms in total. The molecular weight excluding hydrogens is 224 g/mol. The summed E-state index contributed by atoms with van der Waals surface area (Å²) < 4.78 is 5.20. The van der Waals surface area contributed by atoms with Crippen molar-refractivity contribution in [1.82, 2.24) is 4.98 Å². The first-order chi connectivity index (χ1) is 8.83. The number of ether oxygens (including phenoxy) is 1. The van der Waals surface area contributed by atoms with Gasteiger partial charge >= 0.3 is 0 Å². The van der Waals surface area contributed by atoms with Gasteiger partial charge in [0.05, 0.1) is 23.7 Å². The Morgan fingerprint density at radius 1 is 1.06 bits per heavy atom. The van der Waals surface area contributed by atoms with Gasteiger partial charge in [0.1, 0.15) is 11.8 Å². The van der Waals surface area contributed by atoms with Crippen LogP contribution in [0.4, 0.5) is 0 Å². The largest absolute Gasteiger partial charge is 0.497 e. The number of methoxy groups -OCH3 is 1. The second-order valence-electron chi connectivity index (χ2n) is 4.00. The lowest BCUT2D eigenvalue weighted by atomic mass is 10.0. The normalized spacial score (nSPS) is 10.4. The van der Waals surface area contributed by atoms with Gasteiger partial charge in [0.15, 0.2) is 0 Å². The summed E-state index contributed by atoms with van der Waals surface area (Å²) in [4.78, 5) is 4.56. The maximum atomic E-state index is 9.38. The molecule has 2 aromatic carbocycles. The molecule has 0 atom stereocenters. The van der Waals surface area contributed by atoms with Crippen LogP contribution in [-0.2, 0) is 0 Å². The van der Waals surface area contributed by atoms with Crippen LogP contribution in [0, 0.1) is 11.3 Å². The number of aromatic nitrogens is 1. The van der Waals surface area contributed by atoms with E-state index in [0.29, 0.717) is 5.56 Å². The molecule has 0 unspecified atom stereocenters. The lowest BCUT2D eigenvalue weighted by Crippen LogP contribution is -1.90. The quantitative estimate of drug-likeness (QED) is 0.607. The van der Waals surface area contributed by atoms with Crippen molar-refractivity contribution in [2.45, 2.75) is 0 Å². The van der Waals surface area contributed by atoms with Crippen molar-refractivity contribution in [3.63, 3.8) is 0 Å². The fraction of sp³-hybridized carbons (Fsp3) is 0.0667. The molecule has 0 spiro atoms. The molecule has 18 heavy (non-hydrogen) atoms.